The van der Waals surface area contributed by atoms with E-state index in [4.69, 9.17) is 4.74 Å². The van der Waals surface area contributed by atoms with Crippen molar-refractivity contribution in [3.63, 3.8) is 0 Å². The second-order valence-corrected chi connectivity index (χ2v) is 7.35. The summed E-state index contributed by atoms with van der Waals surface area (Å²) in [6.45, 7) is 4.22. The van der Waals surface area contributed by atoms with Crippen molar-refractivity contribution in [1.82, 2.24) is 25.5 Å². The zero-order chi connectivity index (χ0) is 21.3. The number of rotatable bonds is 9. The molecule has 2 amide bonds. The molecule has 0 aliphatic rings. The Balaban J connectivity index is 1.48. The van der Waals surface area contributed by atoms with E-state index in [0.717, 1.165) is 11.3 Å². The molecule has 0 saturated heterocycles. The molecule has 3 rings (SSSR count). The molecule has 2 aromatic carbocycles. The largest absolute Gasteiger partial charge is 0.492 e. The number of carbonyl (C=O) groups excluding carboxylic acids is 2. The number of thioether (sulfide) groups is 1. The summed E-state index contributed by atoms with van der Waals surface area (Å²) in [7, 11) is 0. The normalized spacial score (nSPS) is 10.5. The Labute approximate surface area is 178 Å². The summed E-state index contributed by atoms with van der Waals surface area (Å²) >= 11 is 1.22. The van der Waals surface area contributed by atoms with Crippen LogP contribution < -0.4 is 15.4 Å². The van der Waals surface area contributed by atoms with Gasteiger partial charge in [-0.2, -0.15) is 4.68 Å². The Morgan fingerprint density at radius 1 is 1.17 bits per heavy atom. The first-order valence-electron chi connectivity index (χ1n) is 9.26. The minimum Gasteiger partial charge on any atom is -0.492 e. The lowest BCUT2D eigenvalue weighted by molar-refractivity contribution is -0.118. The second-order valence-electron chi connectivity index (χ2n) is 6.41. The van der Waals surface area contributed by atoms with Crippen LogP contribution in [-0.2, 0) is 9.59 Å². The molecule has 0 saturated carbocycles. The van der Waals surface area contributed by atoms with Gasteiger partial charge in [0.15, 0.2) is 0 Å². The van der Waals surface area contributed by atoms with E-state index >= 15 is 0 Å². The number of hydrogen-bond donors (Lipinski definition) is 2. The summed E-state index contributed by atoms with van der Waals surface area (Å²) < 4.78 is 7.13. The van der Waals surface area contributed by atoms with E-state index in [0.29, 0.717) is 29.7 Å². The number of amides is 2. The van der Waals surface area contributed by atoms with Crippen molar-refractivity contribution in [3.05, 3.63) is 54.1 Å². The molecule has 0 aliphatic carbocycles. The Kier molecular flexibility index (Phi) is 7.39. The van der Waals surface area contributed by atoms with Crippen molar-refractivity contribution in [2.75, 3.05) is 24.2 Å². The maximum absolute atomic E-state index is 12.1. The van der Waals surface area contributed by atoms with E-state index in [1.807, 2.05) is 37.3 Å². The number of benzene rings is 2. The lowest BCUT2D eigenvalue weighted by Crippen LogP contribution is -2.29. The van der Waals surface area contributed by atoms with Gasteiger partial charge in [0.2, 0.25) is 17.0 Å². The highest BCUT2D eigenvalue weighted by Crippen LogP contribution is 2.20. The predicted molar refractivity (Wildman–Crippen MR) is 114 cm³/mol. The summed E-state index contributed by atoms with van der Waals surface area (Å²) in [5.41, 5.74) is 2.44. The average molecular weight is 427 g/mol. The van der Waals surface area contributed by atoms with Gasteiger partial charge in [0.05, 0.1) is 18.0 Å². The molecule has 2 N–H and O–H groups in total. The fraction of sp³-hybridized carbons (Fsp3) is 0.250. The van der Waals surface area contributed by atoms with Gasteiger partial charge in [-0.1, -0.05) is 30.0 Å². The zero-order valence-electron chi connectivity index (χ0n) is 16.7. The molecule has 156 valence electrons. The molecule has 0 atom stereocenters. The number of anilines is 1. The fourth-order valence-corrected chi connectivity index (χ4v) is 3.32. The van der Waals surface area contributed by atoms with Crippen molar-refractivity contribution in [3.8, 4) is 11.4 Å². The minimum absolute atomic E-state index is 0.144. The van der Waals surface area contributed by atoms with Crippen LogP contribution in [0.1, 0.15) is 12.5 Å². The molecule has 0 radical (unpaired) electrons. The van der Waals surface area contributed by atoms with E-state index in [1.54, 1.807) is 18.2 Å². The molecular weight excluding hydrogens is 404 g/mol. The van der Waals surface area contributed by atoms with Gasteiger partial charge in [0.1, 0.15) is 12.4 Å². The van der Waals surface area contributed by atoms with Crippen LogP contribution >= 0.6 is 11.8 Å². The topological polar surface area (TPSA) is 111 Å². The van der Waals surface area contributed by atoms with Gasteiger partial charge in [-0.05, 0) is 53.2 Å². The number of tetrazole rings is 1. The maximum Gasteiger partial charge on any atom is 0.230 e. The van der Waals surface area contributed by atoms with Crippen molar-refractivity contribution in [2.45, 2.75) is 19.0 Å². The smallest absolute Gasteiger partial charge is 0.230 e. The molecule has 0 unspecified atom stereocenters. The number of aromatic nitrogens is 4. The number of ether oxygens (including phenoxy) is 1. The van der Waals surface area contributed by atoms with Crippen LogP contribution in [0.25, 0.3) is 5.69 Å². The number of nitrogens with one attached hydrogen (secondary N) is 2. The lowest BCUT2D eigenvalue weighted by atomic mass is 10.2. The second kappa shape index (κ2) is 10.4. The van der Waals surface area contributed by atoms with Gasteiger partial charge in [0, 0.05) is 12.6 Å². The number of carbonyl (C=O) groups is 2. The third kappa shape index (κ3) is 6.31. The van der Waals surface area contributed by atoms with Crippen molar-refractivity contribution >= 4 is 29.3 Å². The van der Waals surface area contributed by atoms with Crippen LogP contribution in [0.15, 0.2) is 53.7 Å². The summed E-state index contributed by atoms with van der Waals surface area (Å²) in [5.74, 6) is 0.631. The highest BCUT2D eigenvalue weighted by molar-refractivity contribution is 7.99. The Hall–Kier alpha value is -3.40. The van der Waals surface area contributed by atoms with Gasteiger partial charge in [-0.25, -0.2) is 0 Å². The first-order chi connectivity index (χ1) is 14.5. The summed E-state index contributed by atoms with van der Waals surface area (Å²) in [5, 5.41) is 17.6. The standard InChI is InChI=1S/C20H22N6O3S/c1-14-5-3-8-18(11-14)29-10-9-21-19(28)13-30-20-23-24-25-26(20)17-7-4-6-16(12-17)22-15(2)27/h3-8,11-12H,9-10,13H2,1-2H3,(H,21,28)(H,22,27). The fourth-order valence-electron chi connectivity index (χ4n) is 2.60. The Morgan fingerprint density at radius 2 is 2.00 bits per heavy atom. The quantitative estimate of drug-likeness (QED) is 0.399. The molecule has 0 bridgehead atoms. The number of hydrogen-bond acceptors (Lipinski definition) is 7. The molecular formula is C20H22N6O3S. The highest BCUT2D eigenvalue weighted by Gasteiger charge is 2.12. The van der Waals surface area contributed by atoms with Crippen molar-refractivity contribution in [2.24, 2.45) is 0 Å². The minimum atomic E-state index is -0.165. The zero-order valence-corrected chi connectivity index (χ0v) is 17.5. The van der Waals surface area contributed by atoms with Crippen LogP contribution in [-0.4, -0.2) is 50.9 Å². The van der Waals surface area contributed by atoms with Gasteiger partial charge in [0.25, 0.3) is 0 Å². The van der Waals surface area contributed by atoms with Crippen LogP contribution in [0, 0.1) is 6.92 Å². The third-order valence-corrected chi connectivity index (χ3v) is 4.79. The van der Waals surface area contributed by atoms with Crippen LogP contribution in [0.4, 0.5) is 5.69 Å². The Bertz CT molecular complexity index is 1020. The monoisotopic (exact) mass is 426 g/mol. The lowest BCUT2D eigenvalue weighted by Gasteiger charge is -2.09. The van der Waals surface area contributed by atoms with Crippen LogP contribution in [0.3, 0.4) is 0 Å². The maximum atomic E-state index is 12.1. The molecule has 0 fully saturated rings. The number of aryl methyl sites for hydroxylation is 1. The van der Waals surface area contributed by atoms with Crippen LogP contribution in [0.5, 0.6) is 5.75 Å². The first-order valence-corrected chi connectivity index (χ1v) is 10.3. The van der Waals surface area contributed by atoms with E-state index in [1.165, 1.54) is 23.4 Å². The van der Waals surface area contributed by atoms with E-state index in [9.17, 15) is 9.59 Å². The van der Waals surface area contributed by atoms with Crippen molar-refractivity contribution in [1.29, 1.82) is 0 Å². The molecule has 1 heterocycles. The molecule has 30 heavy (non-hydrogen) atoms. The third-order valence-electron chi connectivity index (χ3n) is 3.87. The van der Waals surface area contributed by atoms with Gasteiger partial charge < -0.3 is 15.4 Å². The van der Waals surface area contributed by atoms with Gasteiger partial charge >= 0.3 is 0 Å². The SMILES string of the molecule is CC(=O)Nc1cccc(-n2nnnc2SCC(=O)NCCOc2cccc(C)c2)c1. The van der Waals surface area contributed by atoms with Crippen molar-refractivity contribution < 1.29 is 14.3 Å². The molecule has 9 nitrogen and oxygen atoms in total. The summed E-state index contributed by atoms with van der Waals surface area (Å²) in [4.78, 5) is 23.4. The molecule has 3 aromatic rings. The summed E-state index contributed by atoms with van der Waals surface area (Å²) in [6, 6.07) is 14.9. The van der Waals surface area contributed by atoms with E-state index in [2.05, 4.69) is 26.2 Å². The summed E-state index contributed by atoms with van der Waals surface area (Å²) in [6.07, 6.45) is 0. The molecule has 0 spiro atoms. The highest BCUT2D eigenvalue weighted by atomic mass is 32.2. The van der Waals surface area contributed by atoms with Gasteiger partial charge in [-0.15, -0.1) is 5.10 Å². The molecule has 10 heteroatoms. The first kappa shape index (κ1) is 21.3. The number of nitrogens with zero attached hydrogens (tertiary/aromatic N) is 4. The molecule has 1 aromatic heterocycles. The Morgan fingerprint density at radius 3 is 2.80 bits per heavy atom. The van der Waals surface area contributed by atoms with E-state index in [-0.39, 0.29) is 17.6 Å². The van der Waals surface area contributed by atoms with E-state index < -0.39 is 0 Å². The van der Waals surface area contributed by atoms with Crippen LogP contribution in [0.2, 0.25) is 0 Å². The average Bonchev–Trinajstić information content (AvgIpc) is 3.18. The molecule has 0 aliphatic heterocycles. The predicted octanol–water partition coefficient (Wildman–Crippen LogP) is 2.22. The van der Waals surface area contributed by atoms with Gasteiger partial charge in [-0.3, -0.25) is 9.59 Å².